The van der Waals surface area contributed by atoms with E-state index >= 15 is 0 Å². The Morgan fingerprint density at radius 2 is 1.43 bits per heavy atom. The standard InChI is InChI=1S/C19H26OS3/c1-18(2,3)14-8-12(16-10-17(21)23-22-16)9-15(19(4,5)6)13(14)11-20-7/h8-10H,11H2,1-7H3. The van der Waals surface area contributed by atoms with Crippen molar-refractivity contribution in [1.29, 1.82) is 0 Å². The number of ether oxygens (including phenoxy) is 1. The average molecular weight is 367 g/mol. The van der Waals surface area contributed by atoms with Gasteiger partial charge in [-0.3, -0.25) is 0 Å². The van der Waals surface area contributed by atoms with Crippen LogP contribution in [0.5, 0.6) is 0 Å². The summed E-state index contributed by atoms with van der Waals surface area (Å²) in [5.41, 5.74) is 5.48. The molecule has 4 heteroatoms. The van der Waals surface area contributed by atoms with Gasteiger partial charge in [0.1, 0.15) is 3.82 Å². The van der Waals surface area contributed by atoms with Gasteiger partial charge >= 0.3 is 0 Å². The molecule has 2 aromatic rings. The van der Waals surface area contributed by atoms with Gasteiger partial charge in [-0.05, 0) is 51.3 Å². The van der Waals surface area contributed by atoms with Gasteiger partial charge in [0.15, 0.2) is 0 Å². The quantitative estimate of drug-likeness (QED) is 0.429. The largest absolute Gasteiger partial charge is 0.380 e. The first-order valence-electron chi connectivity index (χ1n) is 7.81. The van der Waals surface area contributed by atoms with Crippen LogP contribution >= 0.6 is 32.9 Å². The minimum Gasteiger partial charge on any atom is -0.380 e. The minimum absolute atomic E-state index is 0.0708. The second-order valence-corrected chi connectivity index (χ2v) is 10.9. The normalized spacial score (nSPS) is 12.7. The van der Waals surface area contributed by atoms with Gasteiger partial charge in [0, 0.05) is 12.0 Å². The van der Waals surface area contributed by atoms with Gasteiger partial charge in [-0.1, -0.05) is 74.4 Å². The molecule has 2 rings (SSSR count). The second-order valence-electron chi connectivity index (χ2n) is 7.98. The summed E-state index contributed by atoms with van der Waals surface area (Å²) in [5, 5.41) is 0. The fraction of sp³-hybridized carbons (Fsp3) is 0.526. The molecule has 0 saturated heterocycles. The Balaban J connectivity index is 2.80. The van der Waals surface area contributed by atoms with Gasteiger partial charge in [0.2, 0.25) is 0 Å². The number of benzene rings is 1. The predicted molar refractivity (Wildman–Crippen MR) is 107 cm³/mol. The van der Waals surface area contributed by atoms with Crippen LogP contribution in [-0.4, -0.2) is 7.11 Å². The predicted octanol–water partition coefficient (Wildman–Crippen LogP) is 6.95. The lowest BCUT2D eigenvalue weighted by Crippen LogP contribution is -2.21. The van der Waals surface area contributed by atoms with Gasteiger partial charge in [-0.15, -0.1) is 0 Å². The summed E-state index contributed by atoms with van der Waals surface area (Å²) in [6.45, 7) is 14.3. The van der Waals surface area contributed by atoms with E-state index in [-0.39, 0.29) is 10.8 Å². The summed E-state index contributed by atoms with van der Waals surface area (Å²) in [5.74, 6) is 0. The lowest BCUT2D eigenvalue weighted by atomic mass is 9.75. The Hall–Kier alpha value is -0.550. The first kappa shape index (κ1) is 18.8. The molecular formula is C19H26OS3. The average Bonchev–Trinajstić information content (AvgIpc) is 2.83. The number of hydrogen-bond acceptors (Lipinski definition) is 4. The third-order valence-corrected chi connectivity index (χ3v) is 6.81. The molecule has 0 aliphatic heterocycles. The molecule has 1 aromatic carbocycles. The van der Waals surface area contributed by atoms with Crippen LogP contribution < -0.4 is 0 Å². The van der Waals surface area contributed by atoms with Crippen molar-refractivity contribution < 1.29 is 4.74 Å². The van der Waals surface area contributed by atoms with Crippen LogP contribution in [0, 0.1) is 3.82 Å². The second kappa shape index (κ2) is 6.75. The SMILES string of the molecule is COCc1c(C(C)(C)C)cc(-c2cc(=S)ss2)cc1C(C)(C)C. The highest BCUT2D eigenvalue weighted by Crippen LogP contribution is 2.40. The van der Waals surface area contributed by atoms with Crippen molar-refractivity contribution in [2.75, 3.05) is 7.11 Å². The maximum Gasteiger partial charge on any atom is 0.102 e. The van der Waals surface area contributed by atoms with E-state index in [9.17, 15) is 0 Å². The van der Waals surface area contributed by atoms with Crippen LogP contribution in [0.3, 0.4) is 0 Å². The van der Waals surface area contributed by atoms with Crippen molar-refractivity contribution in [2.45, 2.75) is 59.0 Å². The number of hydrogen-bond donors (Lipinski definition) is 0. The fourth-order valence-electron chi connectivity index (χ4n) is 2.82. The van der Waals surface area contributed by atoms with Crippen molar-refractivity contribution in [2.24, 2.45) is 0 Å². The molecule has 0 fully saturated rings. The maximum atomic E-state index is 5.54. The molecule has 0 N–H and O–H groups in total. The van der Waals surface area contributed by atoms with Crippen LogP contribution in [0.15, 0.2) is 18.2 Å². The van der Waals surface area contributed by atoms with Gasteiger partial charge < -0.3 is 4.74 Å². The molecule has 23 heavy (non-hydrogen) atoms. The highest BCUT2D eigenvalue weighted by Gasteiger charge is 2.26. The molecule has 0 saturated carbocycles. The molecule has 0 atom stereocenters. The molecule has 126 valence electrons. The van der Waals surface area contributed by atoms with Crippen LogP contribution in [0.1, 0.15) is 58.2 Å². The molecule has 0 amide bonds. The van der Waals surface area contributed by atoms with Crippen molar-refractivity contribution in [1.82, 2.24) is 0 Å². The molecule has 1 aromatic heterocycles. The smallest absolute Gasteiger partial charge is 0.102 e. The van der Waals surface area contributed by atoms with Crippen molar-refractivity contribution in [3.05, 3.63) is 38.7 Å². The van der Waals surface area contributed by atoms with Crippen LogP contribution in [0.2, 0.25) is 0 Å². The zero-order chi connectivity index (χ0) is 17.4. The van der Waals surface area contributed by atoms with Gasteiger partial charge in [0.25, 0.3) is 0 Å². The summed E-state index contributed by atoms with van der Waals surface area (Å²) in [7, 11) is 5.21. The van der Waals surface area contributed by atoms with Crippen LogP contribution in [-0.2, 0) is 22.2 Å². The Kier molecular flexibility index (Phi) is 5.51. The molecule has 0 spiro atoms. The molecule has 0 bridgehead atoms. The monoisotopic (exact) mass is 366 g/mol. The van der Waals surface area contributed by atoms with E-state index in [4.69, 9.17) is 17.0 Å². The van der Waals surface area contributed by atoms with E-state index in [1.807, 2.05) is 0 Å². The topological polar surface area (TPSA) is 9.23 Å². The molecule has 0 aliphatic rings. The Morgan fingerprint density at radius 1 is 0.913 bits per heavy atom. The zero-order valence-corrected chi connectivity index (χ0v) is 17.5. The Bertz CT molecular complexity index is 704. The summed E-state index contributed by atoms with van der Waals surface area (Å²) in [6.07, 6.45) is 0. The highest BCUT2D eigenvalue weighted by atomic mass is 32.9. The fourth-order valence-corrected chi connectivity index (χ4v) is 5.21. The van der Waals surface area contributed by atoms with Gasteiger partial charge in [0.05, 0.1) is 6.61 Å². The van der Waals surface area contributed by atoms with Crippen LogP contribution in [0.25, 0.3) is 10.4 Å². The lowest BCUT2D eigenvalue weighted by Gasteiger charge is -2.31. The molecule has 1 nitrogen and oxygen atoms in total. The van der Waals surface area contributed by atoms with E-state index in [0.717, 1.165) is 3.82 Å². The third kappa shape index (κ3) is 4.30. The summed E-state index contributed by atoms with van der Waals surface area (Å²) < 4.78 is 6.50. The van der Waals surface area contributed by atoms with Crippen LogP contribution in [0.4, 0.5) is 0 Å². The van der Waals surface area contributed by atoms with E-state index in [1.54, 1.807) is 27.8 Å². The van der Waals surface area contributed by atoms with Crippen molar-refractivity contribution in [3.8, 4) is 10.4 Å². The van der Waals surface area contributed by atoms with E-state index in [2.05, 4.69) is 59.7 Å². The molecule has 0 unspecified atom stereocenters. The highest BCUT2D eigenvalue weighted by molar-refractivity contribution is 7.80. The Labute approximate surface area is 152 Å². The zero-order valence-electron chi connectivity index (χ0n) is 15.1. The van der Waals surface area contributed by atoms with Gasteiger partial charge in [-0.2, -0.15) is 0 Å². The lowest BCUT2D eigenvalue weighted by molar-refractivity contribution is 0.181. The van der Waals surface area contributed by atoms with E-state index < -0.39 is 0 Å². The van der Waals surface area contributed by atoms with Crippen molar-refractivity contribution >= 4 is 32.9 Å². The summed E-state index contributed by atoms with van der Waals surface area (Å²) in [4.78, 5) is 1.26. The Morgan fingerprint density at radius 3 is 1.78 bits per heavy atom. The molecule has 0 aliphatic carbocycles. The summed E-state index contributed by atoms with van der Waals surface area (Å²) in [6, 6.07) is 6.78. The number of rotatable bonds is 3. The first-order valence-corrected chi connectivity index (χ1v) is 10.4. The first-order chi connectivity index (χ1) is 10.5. The third-order valence-electron chi connectivity index (χ3n) is 3.90. The molecule has 1 heterocycles. The minimum atomic E-state index is 0.0708. The molecular weight excluding hydrogens is 340 g/mol. The molecule has 0 radical (unpaired) electrons. The maximum absolute atomic E-state index is 5.54. The van der Waals surface area contributed by atoms with E-state index in [1.165, 1.54) is 27.1 Å². The number of methoxy groups -OCH3 is 1. The van der Waals surface area contributed by atoms with E-state index in [0.29, 0.717) is 6.61 Å². The summed E-state index contributed by atoms with van der Waals surface area (Å²) >= 11 is 5.32. The van der Waals surface area contributed by atoms with Gasteiger partial charge in [-0.25, -0.2) is 0 Å². The van der Waals surface area contributed by atoms with Crippen molar-refractivity contribution in [3.63, 3.8) is 0 Å².